The second-order valence-corrected chi connectivity index (χ2v) is 7.42. The molecule has 0 radical (unpaired) electrons. The van der Waals surface area contributed by atoms with E-state index >= 15 is 0 Å². The third-order valence-corrected chi connectivity index (χ3v) is 5.76. The number of furan rings is 1. The van der Waals surface area contributed by atoms with E-state index in [9.17, 15) is 4.79 Å². The molecule has 0 N–H and O–H groups in total. The van der Waals surface area contributed by atoms with Gasteiger partial charge in [-0.05, 0) is 50.9 Å². The molecule has 4 heterocycles. The van der Waals surface area contributed by atoms with E-state index in [1.807, 2.05) is 17.0 Å². The van der Waals surface area contributed by atoms with Crippen molar-refractivity contribution in [1.29, 1.82) is 0 Å². The predicted molar refractivity (Wildman–Crippen MR) is 94.5 cm³/mol. The summed E-state index contributed by atoms with van der Waals surface area (Å²) in [6, 6.07) is 4.43. The molecule has 3 aliphatic heterocycles. The lowest BCUT2D eigenvalue weighted by Crippen LogP contribution is -2.53. The van der Waals surface area contributed by atoms with Gasteiger partial charge >= 0.3 is 0 Å². The van der Waals surface area contributed by atoms with Crippen molar-refractivity contribution < 1.29 is 13.9 Å². The first-order valence-electron chi connectivity index (χ1n) is 9.72. The molecule has 3 aliphatic rings. The van der Waals surface area contributed by atoms with Crippen LogP contribution in [0.3, 0.4) is 0 Å². The van der Waals surface area contributed by atoms with Crippen LogP contribution in [-0.4, -0.2) is 79.1 Å². The standard InChI is InChI=1S/C19H29N3O3/c23-19(18-4-3-17(25-18)15-20-7-1-2-8-20)22-11-9-21(10-12-22)16-5-13-24-14-6-16/h3-4,16H,1-2,5-15H2. The summed E-state index contributed by atoms with van der Waals surface area (Å²) in [5.41, 5.74) is 0. The lowest BCUT2D eigenvalue weighted by atomic mass is 10.1. The minimum absolute atomic E-state index is 0.0410. The van der Waals surface area contributed by atoms with E-state index in [0.717, 1.165) is 77.6 Å². The Kier molecular flexibility index (Phi) is 5.39. The number of amides is 1. The van der Waals surface area contributed by atoms with Gasteiger partial charge in [0.05, 0.1) is 6.54 Å². The summed E-state index contributed by atoms with van der Waals surface area (Å²) in [6.07, 6.45) is 4.77. The molecule has 6 nitrogen and oxygen atoms in total. The lowest BCUT2D eigenvalue weighted by molar-refractivity contribution is 0.0130. The SMILES string of the molecule is O=C(c1ccc(CN2CCCC2)o1)N1CCN(C2CCOCC2)CC1. The van der Waals surface area contributed by atoms with Crippen molar-refractivity contribution in [2.45, 2.75) is 38.3 Å². The number of ether oxygens (including phenoxy) is 1. The van der Waals surface area contributed by atoms with Crippen LogP contribution in [0.1, 0.15) is 42.0 Å². The third kappa shape index (κ3) is 4.07. The van der Waals surface area contributed by atoms with Crippen LogP contribution >= 0.6 is 0 Å². The van der Waals surface area contributed by atoms with Gasteiger partial charge in [-0.15, -0.1) is 0 Å². The van der Waals surface area contributed by atoms with Crippen LogP contribution in [-0.2, 0) is 11.3 Å². The summed E-state index contributed by atoms with van der Waals surface area (Å²) in [5.74, 6) is 1.44. The van der Waals surface area contributed by atoms with Crippen molar-refractivity contribution in [1.82, 2.24) is 14.7 Å². The molecule has 1 aromatic rings. The molecule has 6 heteroatoms. The Morgan fingerprint density at radius 3 is 2.44 bits per heavy atom. The fourth-order valence-electron chi connectivity index (χ4n) is 4.24. The number of rotatable bonds is 4. The van der Waals surface area contributed by atoms with Crippen LogP contribution in [0.25, 0.3) is 0 Å². The van der Waals surface area contributed by atoms with Gasteiger partial charge in [-0.25, -0.2) is 0 Å². The van der Waals surface area contributed by atoms with E-state index in [2.05, 4.69) is 9.80 Å². The second-order valence-electron chi connectivity index (χ2n) is 7.42. The molecular weight excluding hydrogens is 318 g/mol. The summed E-state index contributed by atoms with van der Waals surface area (Å²) < 4.78 is 11.3. The molecule has 0 saturated carbocycles. The maximum atomic E-state index is 12.7. The zero-order valence-electron chi connectivity index (χ0n) is 15.0. The molecule has 0 unspecified atom stereocenters. The van der Waals surface area contributed by atoms with Crippen LogP contribution in [0, 0.1) is 0 Å². The highest BCUT2D eigenvalue weighted by atomic mass is 16.5. The smallest absolute Gasteiger partial charge is 0.289 e. The van der Waals surface area contributed by atoms with E-state index in [1.165, 1.54) is 12.8 Å². The Bertz CT molecular complexity index is 568. The zero-order valence-corrected chi connectivity index (χ0v) is 15.0. The Morgan fingerprint density at radius 1 is 1.00 bits per heavy atom. The van der Waals surface area contributed by atoms with Crippen LogP contribution in [0.2, 0.25) is 0 Å². The Hall–Kier alpha value is -1.37. The fraction of sp³-hybridized carbons (Fsp3) is 0.737. The van der Waals surface area contributed by atoms with E-state index in [0.29, 0.717) is 11.8 Å². The van der Waals surface area contributed by atoms with Crippen LogP contribution in [0.5, 0.6) is 0 Å². The van der Waals surface area contributed by atoms with Crippen molar-refractivity contribution >= 4 is 5.91 Å². The summed E-state index contributed by atoms with van der Waals surface area (Å²) in [5, 5.41) is 0. The largest absolute Gasteiger partial charge is 0.455 e. The quantitative estimate of drug-likeness (QED) is 0.831. The first kappa shape index (κ1) is 17.1. The molecule has 0 aromatic carbocycles. The van der Waals surface area contributed by atoms with Gasteiger partial charge in [-0.2, -0.15) is 0 Å². The first-order chi connectivity index (χ1) is 12.3. The van der Waals surface area contributed by atoms with E-state index < -0.39 is 0 Å². The molecule has 4 rings (SSSR count). The number of carbonyl (C=O) groups is 1. The van der Waals surface area contributed by atoms with Crippen molar-refractivity contribution in [3.63, 3.8) is 0 Å². The Morgan fingerprint density at radius 2 is 1.72 bits per heavy atom. The first-order valence-corrected chi connectivity index (χ1v) is 9.72. The highest BCUT2D eigenvalue weighted by Crippen LogP contribution is 2.19. The molecule has 3 fully saturated rings. The molecule has 138 valence electrons. The van der Waals surface area contributed by atoms with Crippen LogP contribution in [0.4, 0.5) is 0 Å². The highest BCUT2D eigenvalue weighted by molar-refractivity contribution is 5.91. The van der Waals surface area contributed by atoms with Crippen molar-refractivity contribution in [2.24, 2.45) is 0 Å². The Labute approximate surface area is 149 Å². The maximum Gasteiger partial charge on any atom is 0.289 e. The minimum Gasteiger partial charge on any atom is -0.455 e. The summed E-state index contributed by atoms with van der Waals surface area (Å²) >= 11 is 0. The summed E-state index contributed by atoms with van der Waals surface area (Å²) in [4.78, 5) is 19.6. The van der Waals surface area contributed by atoms with Gasteiger partial charge < -0.3 is 14.1 Å². The van der Waals surface area contributed by atoms with Crippen LogP contribution < -0.4 is 0 Å². The normalized spacial score (nSPS) is 24.1. The van der Waals surface area contributed by atoms with Gasteiger partial charge in [0.15, 0.2) is 5.76 Å². The van der Waals surface area contributed by atoms with E-state index in [4.69, 9.17) is 9.15 Å². The summed E-state index contributed by atoms with van der Waals surface area (Å²) in [6.45, 7) is 8.33. The predicted octanol–water partition coefficient (Wildman–Crippen LogP) is 1.81. The molecule has 0 atom stereocenters. The third-order valence-electron chi connectivity index (χ3n) is 5.76. The number of nitrogens with zero attached hydrogens (tertiary/aromatic N) is 3. The molecule has 25 heavy (non-hydrogen) atoms. The average molecular weight is 347 g/mol. The van der Waals surface area contributed by atoms with E-state index in [1.54, 1.807) is 0 Å². The highest BCUT2D eigenvalue weighted by Gasteiger charge is 2.28. The van der Waals surface area contributed by atoms with Crippen molar-refractivity contribution in [3.8, 4) is 0 Å². The number of hydrogen-bond donors (Lipinski definition) is 0. The lowest BCUT2D eigenvalue weighted by Gasteiger charge is -2.40. The Balaban J connectivity index is 1.29. The van der Waals surface area contributed by atoms with E-state index in [-0.39, 0.29) is 5.91 Å². The molecule has 0 spiro atoms. The molecular formula is C19H29N3O3. The average Bonchev–Trinajstić information content (AvgIpc) is 3.35. The van der Waals surface area contributed by atoms with Gasteiger partial charge in [0.25, 0.3) is 5.91 Å². The molecule has 1 amide bonds. The monoisotopic (exact) mass is 347 g/mol. The van der Waals surface area contributed by atoms with Gasteiger partial charge in [0, 0.05) is 45.4 Å². The van der Waals surface area contributed by atoms with Crippen molar-refractivity contribution in [3.05, 3.63) is 23.7 Å². The van der Waals surface area contributed by atoms with Crippen molar-refractivity contribution in [2.75, 3.05) is 52.5 Å². The molecule has 1 aromatic heterocycles. The minimum atomic E-state index is 0.0410. The van der Waals surface area contributed by atoms with Gasteiger partial charge in [-0.1, -0.05) is 0 Å². The zero-order chi connectivity index (χ0) is 17.1. The number of piperazine rings is 1. The molecule has 0 bridgehead atoms. The molecule has 3 saturated heterocycles. The maximum absolute atomic E-state index is 12.7. The summed E-state index contributed by atoms with van der Waals surface area (Å²) in [7, 11) is 0. The molecule has 0 aliphatic carbocycles. The van der Waals surface area contributed by atoms with Gasteiger partial charge in [0.1, 0.15) is 5.76 Å². The second kappa shape index (κ2) is 7.89. The van der Waals surface area contributed by atoms with Crippen LogP contribution in [0.15, 0.2) is 16.5 Å². The number of carbonyl (C=O) groups excluding carboxylic acids is 1. The number of hydrogen-bond acceptors (Lipinski definition) is 5. The number of likely N-dealkylation sites (tertiary alicyclic amines) is 1. The van der Waals surface area contributed by atoms with Gasteiger partial charge in [-0.3, -0.25) is 14.6 Å². The fourth-order valence-corrected chi connectivity index (χ4v) is 4.24. The van der Waals surface area contributed by atoms with Gasteiger partial charge in [0.2, 0.25) is 0 Å². The topological polar surface area (TPSA) is 49.2 Å².